The molecule has 3 rings (SSSR count). The largest absolute Gasteiger partial charge is 0.320 e. The quantitative estimate of drug-likeness (QED) is 0.512. The van der Waals surface area contributed by atoms with E-state index in [9.17, 15) is 4.79 Å². The van der Waals surface area contributed by atoms with Crippen LogP contribution in [0.5, 0.6) is 0 Å². The van der Waals surface area contributed by atoms with E-state index in [4.69, 9.17) is 4.98 Å². The van der Waals surface area contributed by atoms with Crippen LogP contribution in [0.15, 0.2) is 24.3 Å². The zero-order valence-electron chi connectivity index (χ0n) is 14.9. The van der Waals surface area contributed by atoms with Gasteiger partial charge >= 0.3 is 0 Å². The van der Waals surface area contributed by atoms with Gasteiger partial charge in [-0.1, -0.05) is 32.9 Å². The first-order valence-electron chi connectivity index (χ1n) is 8.02. The lowest BCUT2D eigenvalue weighted by molar-refractivity contribution is 0.103. The van der Waals surface area contributed by atoms with Crippen molar-refractivity contribution in [3.63, 3.8) is 0 Å². The molecule has 4 nitrogen and oxygen atoms in total. The van der Waals surface area contributed by atoms with Crippen molar-refractivity contribution >= 4 is 55.7 Å². The highest BCUT2D eigenvalue weighted by Gasteiger charge is 2.23. The molecule has 2 heterocycles. The van der Waals surface area contributed by atoms with Gasteiger partial charge in [0.15, 0.2) is 0 Å². The zero-order chi connectivity index (χ0) is 18.4. The van der Waals surface area contributed by atoms with Crippen LogP contribution in [0.2, 0.25) is 0 Å². The average molecular weight is 465 g/mol. The van der Waals surface area contributed by atoms with E-state index in [1.165, 1.54) is 11.3 Å². The van der Waals surface area contributed by atoms with Gasteiger partial charge in [0.25, 0.3) is 5.91 Å². The summed E-state index contributed by atoms with van der Waals surface area (Å²) in [5.74, 6) is 0.713. The van der Waals surface area contributed by atoms with E-state index in [0.717, 1.165) is 36.6 Å². The molecule has 3 aromatic rings. The molecular formula is C19H20IN3OS. The molecule has 0 aliphatic heterocycles. The Morgan fingerprint density at radius 3 is 2.48 bits per heavy atom. The van der Waals surface area contributed by atoms with Crippen LogP contribution in [0.25, 0.3) is 10.2 Å². The standard InChI is InChI=1S/C19H20IN3OS/c1-10-14-11(2)21-18(19(3,4)5)23-17(14)25-15(10)16(24)22-13-9-7-6-8-12(13)20/h6-9H,1-5H3,(H,22,24). The van der Waals surface area contributed by atoms with Crippen LogP contribution in [0.4, 0.5) is 5.69 Å². The van der Waals surface area contributed by atoms with Gasteiger partial charge in [-0.25, -0.2) is 9.97 Å². The second-order valence-corrected chi connectivity index (χ2v) is 9.21. The number of hydrogen-bond acceptors (Lipinski definition) is 4. The van der Waals surface area contributed by atoms with Crippen molar-refractivity contribution in [2.24, 2.45) is 0 Å². The van der Waals surface area contributed by atoms with Crippen LogP contribution in [0.3, 0.4) is 0 Å². The third-order valence-electron chi connectivity index (χ3n) is 3.97. The summed E-state index contributed by atoms with van der Waals surface area (Å²) in [6, 6.07) is 7.75. The number of carbonyl (C=O) groups excluding carboxylic acids is 1. The maximum absolute atomic E-state index is 12.8. The predicted molar refractivity (Wildman–Crippen MR) is 113 cm³/mol. The highest BCUT2D eigenvalue weighted by molar-refractivity contribution is 14.1. The summed E-state index contributed by atoms with van der Waals surface area (Å²) in [6.45, 7) is 10.2. The van der Waals surface area contributed by atoms with Gasteiger partial charge in [0.05, 0.1) is 16.3 Å². The minimum Gasteiger partial charge on any atom is -0.320 e. The van der Waals surface area contributed by atoms with Gasteiger partial charge in [-0.15, -0.1) is 11.3 Å². The molecule has 0 saturated carbocycles. The summed E-state index contributed by atoms with van der Waals surface area (Å²) in [4.78, 5) is 23.8. The Morgan fingerprint density at radius 1 is 1.16 bits per heavy atom. The van der Waals surface area contributed by atoms with Crippen LogP contribution in [-0.4, -0.2) is 15.9 Å². The molecule has 0 atom stereocenters. The fourth-order valence-electron chi connectivity index (χ4n) is 2.63. The minimum absolute atomic E-state index is 0.0960. The predicted octanol–water partition coefficient (Wildman–Crippen LogP) is 5.46. The van der Waals surface area contributed by atoms with Crippen LogP contribution >= 0.6 is 33.9 Å². The van der Waals surface area contributed by atoms with Crippen molar-refractivity contribution in [1.29, 1.82) is 0 Å². The lowest BCUT2D eigenvalue weighted by Gasteiger charge is -2.16. The van der Waals surface area contributed by atoms with Crippen molar-refractivity contribution in [1.82, 2.24) is 9.97 Å². The van der Waals surface area contributed by atoms with Gasteiger partial charge < -0.3 is 5.32 Å². The number of amides is 1. The molecule has 0 aliphatic rings. The Balaban J connectivity index is 2.05. The average Bonchev–Trinajstić information content (AvgIpc) is 2.86. The Labute approximate surface area is 165 Å². The molecule has 0 aliphatic carbocycles. The van der Waals surface area contributed by atoms with E-state index in [-0.39, 0.29) is 11.3 Å². The second-order valence-electron chi connectivity index (χ2n) is 7.05. The maximum atomic E-state index is 12.8. The fourth-order valence-corrected chi connectivity index (χ4v) is 4.28. The fraction of sp³-hybridized carbons (Fsp3) is 0.316. The lowest BCUT2D eigenvalue weighted by atomic mass is 9.95. The number of thiophene rings is 1. The number of aromatic nitrogens is 2. The summed E-state index contributed by atoms with van der Waals surface area (Å²) < 4.78 is 1.01. The van der Waals surface area contributed by atoms with Gasteiger partial charge in [-0.3, -0.25) is 4.79 Å². The van der Waals surface area contributed by atoms with Crippen molar-refractivity contribution in [2.45, 2.75) is 40.0 Å². The van der Waals surface area contributed by atoms with E-state index >= 15 is 0 Å². The number of halogens is 1. The topological polar surface area (TPSA) is 54.9 Å². The third-order valence-corrected chi connectivity index (χ3v) is 6.10. The van der Waals surface area contributed by atoms with E-state index in [0.29, 0.717) is 4.88 Å². The lowest BCUT2D eigenvalue weighted by Crippen LogP contribution is -2.16. The smallest absolute Gasteiger partial charge is 0.266 e. The van der Waals surface area contributed by atoms with Crippen molar-refractivity contribution in [3.8, 4) is 0 Å². The summed E-state index contributed by atoms with van der Waals surface area (Å²) >= 11 is 3.66. The summed E-state index contributed by atoms with van der Waals surface area (Å²) in [5, 5.41) is 4.00. The number of rotatable bonds is 2. The molecule has 1 aromatic carbocycles. The molecule has 0 fully saturated rings. The number of nitrogens with zero attached hydrogens (tertiary/aromatic N) is 2. The van der Waals surface area contributed by atoms with Crippen molar-refractivity contribution in [3.05, 3.63) is 49.8 Å². The highest BCUT2D eigenvalue weighted by atomic mass is 127. The molecule has 0 bridgehead atoms. The number of para-hydroxylation sites is 1. The zero-order valence-corrected chi connectivity index (χ0v) is 17.9. The van der Waals surface area contributed by atoms with Crippen molar-refractivity contribution < 1.29 is 4.79 Å². The number of benzene rings is 1. The van der Waals surface area contributed by atoms with Crippen LogP contribution in [-0.2, 0) is 5.41 Å². The van der Waals surface area contributed by atoms with E-state index in [1.54, 1.807) is 0 Å². The van der Waals surface area contributed by atoms with E-state index in [2.05, 4.69) is 53.7 Å². The number of anilines is 1. The Bertz CT molecular complexity index is 973. The third kappa shape index (κ3) is 3.55. The molecule has 0 saturated heterocycles. The van der Waals surface area contributed by atoms with Crippen LogP contribution < -0.4 is 5.32 Å². The number of nitrogens with one attached hydrogen (secondary N) is 1. The first-order chi connectivity index (χ1) is 11.7. The first-order valence-corrected chi connectivity index (χ1v) is 9.92. The number of fused-ring (bicyclic) bond motifs is 1. The maximum Gasteiger partial charge on any atom is 0.266 e. The Kier molecular flexibility index (Phi) is 4.85. The molecule has 1 amide bonds. The van der Waals surface area contributed by atoms with Crippen molar-refractivity contribution in [2.75, 3.05) is 5.32 Å². The molecule has 0 radical (unpaired) electrons. The van der Waals surface area contributed by atoms with Gasteiger partial charge in [0.2, 0.25) is 0 Å². The second kappa shape index (κ2) is 6.64. The molecule has 2 aromatic heterocycles. The minimum atomic E-state index is -0.126. The number of aryl methyl sites for hydroxylation is 2. The first kappa shape index (κ1) is 18.3. The summed E-state index contributed by atoms with van der Waals surface area (Å²) in [7, 11) is 0. The molecule has 0 unspecified atom stereocenters. The summed E-state index contributed by atoms with van der Waals surface area (Å²) in [6.07, 6.45) is 0. The van der Waals surface area contributed by atoms with Crippen LogP contribution in [0, 0.1) is 17.4 Å². The Hall–Kier alpha value is -1.54. The number of carbonyl (C=O) groups is 1. The Morgan fingerprint density at radius 2 is 1.84 bits per heavy atom. The highest BCUT2D eigenvalue weighted by Crippen LogP contribution is 2.33. The molecule has 0 spiro atoms. The number of hydrogen-bond donors (Lipinski definition) is 1. The normalized spacial score (nSPS) is 11.8. The monoisotopic (exact) mass is 465 g/mol. The molecule has 25 heavy (non-hydrogen) atoms. The molecular weight excluding hydrogens is 445 g/mol. The van der Waals surface area contributed by atoms with Gasteiger partial charge in [0, 0.05) is 14.4 Å². The van der Waals surface area contributed by atoms with E-state index < -0.39 is 0 Å². The molecule has 6 heteroatoms. The summed E-state index contributed by atoms with van der Waals surface area (Å²) in [5.41, 5.74) is 2.57. The van der Waals surface area contributed by atoms with Gasteiger partial charge in [-0.05, 0) is 54.1 Å². The molecule has 130 valence electrons. The van der Waals surface area contributed by atoms with Gasteiger partial charge in [-0.2, -0.15) is 0 Å². The van der Waals surface area contributed by atoms with Crippen LogP contribution in [0.1, 0.15) is 47.5 Å². The molecule has 1 N–H and O–H groups in total. The van der Waals surface area contributed by atoms with Gasteiger partial charge in [0.1, 0.15) is 10.7 Å². The SMILES string of the molecule is Cc1nc(C(C)(C)C)nc2sc(C(=O)Nc3ccccc3I)c(C)c12. The van der Waals surface area contributed by atoms with E-state index in [1.807, 2.05) is 38.1 Å².